The fourth-order valence-corrected chi connectivity index (χ4v) is 13.1. The zero-order valence-electron chi connectivity index (χ0n) is 61.2. The molecule has 1 aliphatic heterocycles. The van der Waals surface area contributed by atoms with Gasteiger partial charge >= 0.3 is 5.97 Å². The molecule has 11 heteroatoms. The van der Waals surface area contributed by atoms with Gasteiger partial charge in [0.1, 0.15) is 24.4 Å². The van der Waals surface area contributed by atoms with Crippen molar-refractivity contribution in [1.29, 1.82) is 0 Å². The Hall–Kier alpha value is -2.12. The number of aliphatic hydroxyl groups excluding tert-OH is 5. The van der Waals surface area contributed by atoms with Crippen LogP contribution < -0.4 is 5.32 Å². The number of hydrogen-bond acceptors (Lipinski definition) is 10. The zero-order valence-corrected chi connectivity index (χ0v) is 61.2. The van der Waals surface area contributed by atoms with Gasteiger partial charge < -0.3 is 45.1 Å². The van der Waals surface area contributed by atoms with E-state index in [1.165, 1.54) is 327 Å². The maximum Gasteiger partial charge on any atom is 0.305 e. The Labute approximate surface area is 574 Å². The second-order valence-electron chi connectivity index (χ2n) is 28.5. The molecule has 0 bridgehead atoms. The van der Waals surface area contributed by atoms with Crippen LogP contribution in [-0.4, -0.2) is 100 Å². The fraction of sp³-hybridized carbons (Fsp3) is 0.902. The van der Waals surface area contributed by atoms with E-state index in [2.05, 4.69) is 43.5 Å². The standard InChI is InChI=1S/C82H155NO10/c1-3-5-7-9-11-13-15-16-17-18-41-44-47-50-54-58-62-66-70-78(87)91-71-67-63-59-55-51-48-45-42-39-37-35-33-31-29-27-25-23-21-19-20-22-24-26-28-30-32-34-36-38-40-43-46-49-53-57-61-65-69-77(86)83-74(73-92-82-81(90)80(89)79(88)76(72-84)93-82)75(85)68-64-60-56-52-14-12-10-8-6-4-2/h17-19,21,64,68,74-76,79-82,84-85,88-90H,3-16,20,22-63,65-67,69-73H2,1-2H3,(H,83,86)/b18-17-,21-19-,68-64+. The van der Waals surface area contributed by atoms with E-state index >= 15 is 0 Å². The van der Waals surface area contributed by atoms with Crippen molar-refractivity contribution in [1.82, 2.24) is 5.32 Å². The van der Waals surface area contributed by atoms with Crippen molar-refractivity contribution in [2.24, 2.45) is 0 Å². The Morgan fingerprint density at radius 3 is 1.03 bits per heavy atom. The van der Waals surface area contributed by atoms with Gasteiger partial charge in [0, 0.05) is 12.8 Å². The number of carbonyl (C=O) groups excluding carboxylic acids is 2. The largest absolute Gasteiger partial charge is 0.466 e. The minimum absolute atomic E-state index is 0.0131. The third-order valence-electron chi connectivity index (χ3n) is 19.5. The van der Waals surface area contributed by atoms with E-state index in [0.717, 1.165) is 57.8 Å². The van der Waals surface area contributed by atoms with Gasteiger partial charge in [-0.15, -0.1) is 0 Å². The molecule has 0 aromatic rings. The molecule has 548 valence electrons. The molecule has 0 spiro atoms. The number of amides is 1. The molecule has 0 radical (unpaired) electrons. The van der Waals surface area contributed by atoms with Crippen molar-refractivity contribution < 1.29 is 49.3 Å². The summed E-state index contributed by atoms with van der Waals surface area (Å²) in [5.74, 6) is -0.164. The van der Waals surface area contributed by atoms with E-state index in [1.54, 1.807) is 6.08 Å². The molecule has 1 fully saturated rings. The third kappa shape index (κ3) is 59.6. The number of esters is 1. The summed E-state index contributed by atoms with van der Waals surface area (Å²) in [7, 11) is 0. The van der Waals surface area contributed by atoms with Crippen LogP contribution in [0.15, 0.2) is 36.5 Å². The minimum Gasteiger partial charge on any atom is -0.466 e. The third-order valence-corrected chi connectivity index (χ3v) is 19.5. The molecule has 1 rings (SSSR count). The molecule has 0 aromatic carbocycles. The summed E-state index contributed by atoms with van der Waals surface area (Å²) in [5.41, 5.74) is 0. The molecule has 7 atom stereocenters. The molecule has 93 heavy (non-hydrogen) atoms. The number of aliphatic hydroxyl groups is 5. The van der Waals surface area contributed by atoms with Crippen LogP contribution in [0, 0.1) is 0 Å². The molecule has 1 saturated heterocycles. The summed E-state index contributed by atoms with van der Waals surface area (Å²) < 4.78 is 16.8. The highest BCUT2D eigenvalue weighted by atomic mass is 16.7. The van der Waals surface area contributed by atoms with E-state index in [9.17, 15) is 35.1 Å². The van der Waals surface area contributed by atoms with Crippen molar-refractivity contribution in [3.63, 3.8) is 0 Å². The molecule has 1 heterocycles. The van der Waals surface area contributed by atoms with Gasteiger partial charge in [0.05, 0.1) is 32.0 Å². The monoisotopic (exact) mass is 1310 g/mol. The lowest BCUT2D eigenvalue weighted by Crippen LogP contribution is -2.60. The average Bonchev–Trinajstić information content (AvgIpc) is 0.935. The Bertz CT molecular complexity index is 1640. The van der Waals surface area contributed by atoms with E-state index < -0.39 is 49.5 Å². The van der Waals surface area contributed by atoms with Gasteiger partial charge in [-0.3, -0.25) is 9.59 Å². The summed E-state index contributed by atoms with van der Waals surface area (Å²) in [6.45, 7) is 4.37. The predicted octanol–water partition coefficient (Wildman–Crippen LogP) is 22.1. The van der Waals surface area contributed by atoms with Crippen LogP contribution in [0.3, 0.4) is 0 Å². The Morgan fingerprint density at radius 2 is 0.688 bits per heavy atom. The number of rotatable bonds is 73. The van der Waals surface area contributed by atoms with Gasteiger partial charge in [0.2, 0.25) is 5.91 Å². The predicted molar refractivity (Wildman–Crippen MR) is 394 cm³/mol. The van der Waals surface area contributed by atoms with Crippen molar-refractivity contribution in [3.05, 3.63) is 36.5 Å². The van der Waals surface area contributed by atoms with Crippen LogP contribution in [0.2, 0.25) is 0 Å². The lowest BCUT2D eigenvalue weighted by Gasteiger charge is -2.40. The first-order chi connectivity index (χ1) is 45.7. The number of hydrogen-bond donors (Lipinski definition) is 6. The van der Waals surface area contributed by atoms with Crippen molar-refractivity contribution >= 4 is 11.9 Å². The van der Waals surface area contributed by atoms with Crippen LogP contribution in [0.25, 0.3) is 0 Å². The Balaban J connectivity index is 1.85. The number of allylic oxidation sites excluding steroid dienone is 5. The van der Waals surface area contributed by atoms with Gasteiger partial charge in [-0.2, -0.15) is 0 Å². The molecule has 6 N–H and O–H groups in total. The average molecular weight is 1320 g/mol. The first-order valence-electron chi connectivity index (χ1n) is 40.8. The zero-order chi connectivity index (χ0) is 67.2. The smallest absolute Gasteiger partial charge is 0.305 e. The number of nitrogens with one attached hydrogen (secondary N) is 1. The highest BCUT2D eigenvalue weighted by Crippen LogP contribution is 2.24. The maximum absolute atomic E-state index is 13.0. The van der Waals surface area contributed by atoms with Gasteiger partial charge in [0.25, 0.3) is 0 Å². The van der Waals surface area contributed by atoms with Crippen LogP contribution in [-0.2, 0) is 23.8 Å². The van der Waals surface area contributed by atoms with Gasteiger partial charge in [-0.1, -0.05) is 352 Å². The molecule has 7 unspecified atom stereocenters. The molecule has 1 aliphatic rings. The molecule has 11 nitrogen and oxygen atoms in total. The summed E-state index contributed by atoms with van der Waals surface area (Å²) >= 11 is 0. The molecule has 1 amide bonds. The van der Waals surface area contributed by atoms with E-state index in [-0.39, 0.29) is 18.5 Å². The van der Waals surface area contributed by atoms with Crippen LogP contribution in [0.5, 0.6) is 0 Å². The fourth-order valence-electron chi connectivity index (χ4n) is 13.1. The Kier molecular flexibility index (Phi) is 68.0. The number of carbonyl (C=O) groups is 2. The minimum atomic E-state index is -1.57. The van der Waals surface area contributed by atoms with Crippen molar-refractivity contribution in [2.45, 2.75) is 455 Å². The van der Waals surface area contributed by atoms with E-state index in [1.807, 2.05) is 6.08 Å². The van der Waals surface area contributed by atoms with Crippen LogP contribution in [0.1, 0.15) is 412 Å². The second kappa shape index (κ2) is 71.2. The summed E-state index contributed by atoms with van der Waals surface area (Å²) in [5, 5.41) is 54.4. The molecular formula is C82H155NO10. The van der Waals surface area contributed by atoms with Crippen molar-refractivity contribution in [3.8, 4) is 0 Å². The highest BCUT2D eigenvalue weighted by Gasteiger charge is 2.44. The summed E-state index contributed by atoms with van der Waals surface area (Å²) in [4.78, 5) is 25.2. The van der Waals surface area contributed by atoms with E-state index in [0.29, 0.717) is 19.4 Å². The Morgan fingerprint density at radius 1 is 0.387 bits per heavy atom. The lowest BCUT2D eigenvalue weighted by atomic mass is 9.99. The molecule has 0 saturated carbocycles. The quantitative estimate of drug-likeness (QED) is 0.0195. The molecular weight excluding hydrogens is 1160 g/mol. The van der Waals surface area contributed by atoms with Crippen LogP contribution >= 0.6 is 0 Å². The SMILES string of the molecule is CCCCCCCCC/C=C\CCCCCCCCCC(=O)OCCCCCCCCCCCCCCCCCC/C=C\CCCCCCCCCCCCCCCCCCCC(=O)NC(COC1OC(CO)C(O)C(O)C1O)C(O)/C=C/CCCCCCCCCC. The second-order valence-corrected chi connectivity index (χ2v) is 28.5. The molecule has 0 aromatic heterocycles. The van der Waals surface area contributed by atoms with Crippen LogP contribution in [0.4, 0.5) is 0 Å². The van der Waals surface area contributed by atoms with E-state index in [4.69, 9.17) is 14.2 Å². The lowest BCUT2D eigenvalue weighted by molar-refractivity contribution is -0.302. The first-order valence-corrected chi connectivity index (χ1v) is 40.8. The maximum atomic E-state index is 13.0. The molecule has 0 aliphatic carbocycles. The van der Waals surface area contributed by atoms with Crippen molar-refractivity contribution in [2.75, 3.05) is 19.8 Å². The topological polar surface area (TPSA) is 175 Å². The summed E-state index contributed by atoms with van der Waals surface area (Å²) in [6, 6.07) is -0.806. The van der Waals surface area contributed by atoms with Gasteiger partial charge in [0.15, 0.2) is 6.29 Å². The van der Waals surface area contributed by atoms with Gasteiger partial charge in [-0.25, -0.2) is 0 Å². The van der Waals surface area contributed by atoms with Gasteiger partial charge in [-0.05, 0) is 83.5 Å². The number of ether oxygens (including phenoxy) is 3. The highest BCUT2D eigenvalue weighted by molar-refractivity contribution is 5.76. The number of unbranched alkanes of at least 4 members (excludes halogenated alkanes) is 55. The summed E-state index contributed by atoms with van der Waals surface area (Å²) in [6.07, 6.45) is 83.4. The normalized spacial score (nSPS) is 17.6. The first kappa shape index (κ1) is 88.9.